The van der Waals surface area contributed by atoms with Crippen molar-refractivity contribution in [1.82, 2.24) is 0 Å². The molecule has 0 unspecified atom stereocenters. The van der Waals surface area contributed by atoms with Crippen molar-refractivity contribution in [2.45, 2.75) is 19.1 Å². The Hall–Kier alpha value is -0.860. The second-order valence-corrected chi connectivity index (χ2v) is 3.58. The van der Waals surface area contributed by atoms with E-state index in [0.717, 1.165) is 12.8 Å². The van der Waals surface area contributed by atoms with E-state index in [1.54, 1.807) is 0 Å². The van der Waals surface area contributed by atoms with Crippen molar-refractivity contribution in [3.8, 4) is 0 Å². The van der Waals surface area contributed by atoms with Crippen molar-refractivity contribution in [3.05, 3.63) is 35.9 Å². The number of aliphatic hydroxyl groups excluding tert-OH is 1. The largest absolute Gasteiger partial charge is 0.368 e. The van der Waals surface area contributed by atoms with E-state index in [1.807, 2.05) is 18.2 Å². The van der Waals surface area contributed by atoms with Gasteiger partial charge in [0.05, 0.1) is 6.61 Å². The molecule has 1 aromatic rings. The van der Waals surface area contributed by atoms with Crippen molar-refractivity contribution in [2.75, 3.05) is 6.61 Å². The smallest absolute Gasteiger partial charge is 0.154 e. The van der Waals surface area contributed by atoms with E-state index in [2.05, 4.69) is 12.1 Å². The Kier molecular flexibility index (Phi) is 2.62. The summed E-state index contributed by atoms with van der Waals surface area (Å²) in [5.74, 6) is 0.484. The van der Waals surface area contributed by atoms with Crippen LogP contribution in [0.15, 0.2) is 30.3 Å². The molecule has 13 heavy (non-hydrogen) atoms. The van der Waals surface area contributed by atoms with Crippen LogP contribution in [0.1, 0.15) is 12.0 Å². The molecule has 0 bridgehead atoms. The van der Waals surface area contributed by atoms with Gasteiger partial charge in [-0.1, -0.05) is 30.3 Å². The fourth-order valence-corrected chi connectivity index (χ4v) is 1.76. The Bertz CT molecular complexity index is 258. The molecule has 2 nitrogen and oxygen atoms in total. The van der Waals surface area contributed by atoms with E-state index in [1.165, 1.54) is 5.56 Å². The molecular formula is C11H14O2. The summed E-state index contributed by atoms with van der Waals surface area (Å²) in [6, 6.07) is 10.3. The van der Waals surface area contributed by atoms with Crippen molar-refractivity contribution in [3.63, 3.8) is 0 Å². The van der Waals surface area contributed by atoms with E-state index >= 15 is 0 Å². The molecule has 1 aromatic carbocycles. The van der Waals surface area contributed by atoms with Gasteiger partial charge in [0.25, 0.3) is 0 Å². The predicted molar refractivity (Wildman–Crippen MR) is 50.2 cm³/mol. The first kappa shape index (κ1) is 8.73. The fraction of sp³-hybridized carbons (Fsp3) is 0.455. The first-order chi connectivity index (χ1) is 6.34. The SMILES string of the molecule is O[C@H]1C[C@@H](Cc2ccccc2)CO1. The molecule has 1 aliphatic rings. The Labute approximate surface area is 78.2 Å². The number of ether oxygens (including phenoxy) is 1. The van der Waals surface area contributed by atoms with Crippen LogP contribution in [0.4, 0.5) is 0 Å². The molecule has 0 saturated carbocycles. The second kappa shape index (κ2) is 3.90. The summed E-state index contributed by atoms with van der Waals surface area (Å²) in [6.07, 6.45) is 1.25. The summed E-state index contributed by atoms with van der Waals surface area (Å²) < 4.78 is 5.09. The molecule has 70 valence electrons. The minimum Gasteiger partial charge on any atom is -0.368 e. The van der Waals surface area contributed by atoms with E-state index in [4.69, 9.17) is 9.84 Å². The van der Waals surface area contributed by atoms with Gasteiger partial charge in [0, 0.05) is 6.42 Å². The van der Waals surface area contributed by atoms with E-state index in [0.29, 0.717) is 12.5 Å². The standard InChI is InChI=1S/C11H14O2/c12-11-7-10(8-13-11)6-9-4-2-1-3-5-9/h1-5,10-12H,6-8H2/t10-,11-/m1/s1. The van der Waals surface area contributed by atoms with E-state index in [9.17, 15) is 0 Å². The Balaban J connectivity index is 1.92. The van der Waals surface area contributed by atoms with Gasteiger partial charge >= 0.3 is 0 Å². The molecule has 2 rings (SSSR count). The highest BCUT2D eigenvalue weighted by Gasteiger charge is 2.23. The lowest BCUT2D eigenvalue weighted by Crippen LogP contribution is -2.04. The van der Waals surface area contributed by atoms with Crippen molar-refractivity contribution >= 4 is 0 Å². The van der Waals surface area contributed by atoms with Crippen LogP contribution in [0, 0.1) is 5.92 Å². The molecule has 0 aromatic heterocycles. The number of hydrogen-bond acceptors (Lipinski definition) is 2. The average molecular weight is 178 g/mol. The summed E-state index contributed by atoms with van der Waals surface area (Å²) in [7, 11) is 0. The summed E-state index contributed by atoms with van der Waals surface area (Å²) >= 11 is 0. The molecule has 2 atom stereocenters. The summed E-state index contributed by atoms with van der Waals surface area (Å²) in [6.45, 7) is 0.691. The van der Waals surface area contributed by atoms with Crippen molar-refractivity contribution in [2.24, 2.45) is 5.92 Å². The van der Waals surface area contributed by atoms with Crippen molar-refractivity contribution in [1.29, 1.82) is 0 Å². The van der Waals surface area contributed by atoms with Crippen LogP contribution < -0.4 is 0 Å². The number of rotatable bonds is 2. The maximum atomic E-state index is 9.16. The van der Waals surface area contributed by atoms with Crippen LogP contribution in [-0.2, 0) is 11.2 Å². The monoisotopic (exact) mass is 178 g/mol. The number of hydrogen-bond donors (Lipinski definition) is 1. The quantitative estimate of drug-likeness (QED) is 0.745. The predicted octanol–water partition coefficient (Wildman–Crippen LogP) is 1.58. The summed E-state index contributed by atoms with van der Waals surface area (Å²) in [4.78, 5) is 0. The third-order valence-corrected chi connectivity index (χ3v) is 2.43. The molecule has 0 radical (unpaired) electrons. The second-order valence-electron chi connectivity index (χ2n) is 3.58. The summed E-state index contributed by atoms with van der Waals surface area (Å²) in [5.41, 5.74) is 1.32. The molecule has 0 spiro atoms. The molecule has 1 aliphatic heterocycles. The van der Waals surface area contributed by atoms with Gasteiger partial charge in [-0.25, -0.2) is 0 Å². The zero-order chi connectivity index (χ0) is 9.10. The van der Waals surface area contributed by atoms with Gasteiger partial charge in [-0.15, -0.1) is 0 Å². The van der Waals surface area contributed by atoms with Gasteiger partial charge in [0.1, 0.15) is 0 Å². The topological polar surface area (TPSA) is 29.5 Å². The average Bonchev–Trinajstić information content (AvgIpc) is 2.53. The zero-order valence-corrected chi connectivity index (χ0v) is 7.52. The first-order valence-electron chi connectivity index (χ1n) is 4.68. The normalized spacial score (nSPS) is 27.8. The van der Waals surface area contributed by atoms with E-state index in [-0.39, 0.29) is 0 Å². The van der Waals surface area contributed by atoms with Crippen LogP contribution >= 0.6 is 0 Å². The highest BCUT2D eigenvalue weighted by atomic mass is 16.6. The van der Waals surface area contributed by atoms with Crippen molar-refractivity contribution < 1.29 is 9.84 Å². The molecule has 0 amide bonds. The van der Waals surface area contributed by atoms with Crippen LogP contribution in [-0.4, -0.2) is 18.0 Å². The minimum absolute atomic E-state index is 0.484. The first-order valence-corrected chi connectivity index (χ1v) is 4.68. The van der Waals surface area contributed by atoms with Gasteiger partial charge in [-0.3, -0.25) is 0 Å². The highest BCUT2D eigenvalue weighted by molar-refractivity contribution is 5.15. The van der Waals surface area contributed by atoms with Gasteiger partial charge in [0.15, 0.2) is 6.29 Å². The molecule has 1 N–H and O–H groups in total. The molecule has 1 saturated heterocycles. The molecule has 2 heteroatoms. The van der Waals surface area contributed by atoms with Crippen LogP contribution in [0.3, 0.4) is 0 Å². The van der Waals surface area contributed by atoms with Gasteiger partial charge in [-0.05, 0) is 17.9 Å². The Morgan fingerprint density at radius 2 is 2.08 bits per heavy atom. The third kappa shape index (κ3) is 2.29. The molecular weight excluding hydrogens is 164 g/mol. The minimum atomic E-state index is -0.534. The highest BCUT2D eigenvalue weighted by Crippen LogP contribution is 2.21. The Morgan fingerprint density at radius 1 is 1.31 bits per heavy atom. The third-order valence-electron chi connectivity index (χ3n) is 2.43. The summed E-state index contributed by atoms with van der Waals surface area (Å²) in [5, 5.41) is 9.16. The van der Waals surface area contributed by atoms with Crippen LogP contribution in [0.5, 0.6) is 0 Å². The van der Waals surface area contributed by atoms with Gasteiger partial charge in [-0.2, -0.15) is 0 Å². The lowest BCUT2D eigenvalue weighted by Gasteiger charge is -2.06. The van der Waals surface area contributed by atoms with Crippen LogP contribution in [0.2, 0.25) is 0 Å². The maximum Gasteiger partial charge on any atom is 0.154 e. The fourth-order valence-electron chi connectivity index (χ4n) is 1.76. The Morgan fingerprint density at radius 3 is 2.69 bits per heavy atom. The van der Waals surface area contributed by atoms with Crippen LogP contribution in [0.25, 0.3) is 0 Å². The molecule has 0 aliphatic carbocycles. The lowest BCUT2D eigenvalue weighted by atomic mass is 9.99. The van der Waals surface area contributed by atoms with Gasteiger partial charge in [0.2, 0.25) is 0 Å². The molecule has 1 heterocycles. The maximum absolute atomic E-state index is 9.16. The zero-order valence-electron chi connectivity index (χ0n) is 7.52. The van der Waals surface area contributed by atoms with E-state index < -0.39 is 6.29 Å². The lowest BCUT2D eigenvalue weighted by molar-refractivity contribution is -0.0591. The molecule has 1 fully saturated rings. The number of aliphatic hydroxyl groups is 1. The van der Waals surface area contributed by atoms with Gasteiger partial charge < -0.3 is 9.84 Å². The number of benzene rings is 1.